The van der Waals surface area contributed by atoms with Gasteiger partial charge in [-0.05, 0) is 57.3 Å². The van der Waals surface area contributed by atoms with E-state index in [0.717, 1.165) is 60.5 Å². The molecule has 0 radical (unpaired) electrons. The number of benzene rings is 7. The van der Waals surface area contributed by atoms with Gasteiger partial charge in [-0.1, -0.05) is 140 Å². The maximum atomic E-state index is 6.24. The summed E-state index contributed by atoms with van der Waals surface area (Å²) in [7, 11) is 0. The Labute approximate surface area is 271 Å². The van der Waals surface area contributed by atoms with Crippen molar-refractivity contribution in [3.63, 3.8) is 0 Å². The molecule has 7 aromatic carbocycles. The Morgan fingerprint density at radius 1 is 0.340 bits per heavy atom. The van der Waals surface area contributed by atoms with Crippen LogP contribution in [0.3, 0.4) is 0 Å². The van der Waals surface area contributed by atoms with Crippen LogP contribution in [0.1, 0.15) is 0 Å². The maximum Gasteiger partial charge on any atom is 0.164 e. The summed E-state index contributed by atoms with van der Waals surface area (Å²) in [6, 6.07) is 56.4. The average molecular weight is 602 g/mol. The van der Waals surface area contributed by atoms with Gasteiger partial charge in [0.15, 0.2) is 17.5 Å². The van der Waals surface area contributed by atoms with Crippen molar-refractivity contribution in [3.05, 3.63) is 164 Å². The van der Waals surface area contributed by atoms with Gasteiger partial charge in [-0.2, -0.15) is 0 Å². The molecule has 0 spiro atoms. The van der Waals surface area contributed by atoms with Crippen LogP contribution in [0, 0.1) is 0 Å². The van der Waals surface area contributed by atoms with E-state index in [-0.39, 0.29) is 0 Å². The molecular weight excluding hydrogens is 574 g/mol. The van der Waals surface area contributed by atoms with Gasteiger partial charge in [0.25, 0.3) is 0 Å². The Morgan fingerprint density at radius 2 is 0.872 bits per heavy atom. The van der Waals surface area contributed by atoms with Crippen LogP contribution in [0.2, 0.25) is 0 Å². The average Bonchev–Trinajstić information content (AvgIpc) is 3.54. The number of nitrogens with zero attached hydrogens (tertiary/aromatic N) is 3. The van der Waals surface area contributed by atoms with E-state index in [9.17, 15) is 0 Å². The molecule has 220 valence electrons. The van der Waals surface area contributed by atoms with E-state index < -0.39 is 0 Å². The lowest BCUT2D eigenvalue weighted by Crippen LogP contribution is -2.01. The molecule has 0 fully saturated rings. The van der Waals surface area contributed by atoms with Crippen molar-refractivity contribution >= 4 is 32.7 Å². The number of furan rings is 1. The molecule has 2 aromatic heterocycles. The van der Waals surface area contributed by atoms with E-state index in [1.165, 1.54) is 11.1 Å². The first-order chi connectivity index (χ1) is 23.3. The molecule has 0 N–H and O–H groups in total. The second kappa shape index (κ2) is 11.2. The fourth-order valence-corrected chi connectivity index (χ4v) is 6.43. The van der Waals surface area contributed by atoms with E-state index in [2.05, 4.69) is 97.1 Å². The first-order valence-electron chi connectivity index (χ1n) is 15.7. The van der Waals surface area contributed by atoms with Crippen LogP contribution < -0.4 is 0 Å². The Balaban J connectivity index is 1.29. The van der Waals surface area contributed by atoms with Gasteiger partial charge in [0.2, 0.25) is 0 Å². The first-order valence-corrected chi connectivity index (χ1v) is 15.7. The lowest BCUT2D eigenvalue weighted by molar-refractivity contribution is 0.669. The summed E-state index contributed by atoms with van der Waals surface area (Å²) in [6.45, 7) is 0. The fourth-order valence-electron chi connectivity index (χ4n) is 6.43. The molecule has 0 unspecified atom stereocenters. The topological polar surface area (TPSA) is 51.8 Å². The Kier molecular flexibility index (Phi) is 6.43. The van der Waals surface area contributed by atoms with Gasteiger partial charge in [-0.3, -0.25) is 0 Å². The van der Waals surface area contributed by atoms with Gasteiger partial charge in [0.1, 0.15) is 11.2 Å². The Hall–Kier alpha value is -6.39. The van der Waals surface area contributed by atoms with Crippen LogP contribution in [0.4, 0.5) is 0 Å². The van der Waals surface area contributed by atoms with Crippen molar-refractivity contribution in [2.24, 2.45) is 0 Å². The van der Waals surface area contributed by atoms with E-state index in [1.54, 1.807) is 0 Å². The number of hydrogen-bond acceptors (Lipinski definition) is 4. The lowest BCUT2D eigenvalue weighted by atomic mass is 9.93. The van der Waals surface area contributed by atoms with Crippen molar-refractivity contribution in [2.45, 2.75) is 0 Å². The molecule has 0 saturated carbocycles. The lowest BCUT2D eigenvalue weighted by Gasteiger charge is -2.14. The van der Waals surface area contributed by atoms with Crippen molar-refractivity contribution < 1.29 is 4.42 Å². The third-order valence-corrected chi connectivity index (χ3v) is 8.74. The zero-order chi connectivity index (χ0) is 31.2. The Bertz CT molecular complexity index is 2550. The number of hydrogen-bond donors (Lipinski definition) is 0. The number of rotatable bonds is 5. The van der Waals surface area contributed by atoms with Gasteiger partial charge in [-0.15, -0.1) is 0 Å². The zero-order valence-electron chi connectivity index (χ0n) is 25.3. The largest absolute Gasteiger partial charge is 0.456 e. The van der Waals surface area contributed by atoms with E-state index >= 15 is 0 Å². The summed E-state index contributed by atoms with van der Waals surface area (Å²) >= 11 is 0. The van der Waals surface area contributed by atoms with Crippen LogP contribution in [0.15, 0.2) is 168 Å². The van der Waals surface area contributed by atoms with Gasteiger partial charge < -0.3 is 4.42 Å². The smallest absolute Gasteiger partial charge is 0.164 e. The highest BCUT2D eigenvalue weighted by Gasteiger charge is 2.20. The molecule has 0 saturated heterocycles. The van der Waals surface area contributed by atoms with Gasteiger partial charge in [0, 0.05) is 27.5 Å². The summed E-state index contributed by atoms with van der Waals surface area (Å²) in [5, 5.41) is 4.31. The van der Waals surface area contributed by atoms with Gasteiger partial charge >= 0.3 is 0 Å². The monoisotopic (exact) mass is 601 g/mol. The highest BCUT2D eigenvalue weighted by Crippen LogP contribution is 2.39. The highest BCUT2D eigenvalue weighted by atomic mass is 16.3. The molecule has 0 atom stereocenters. The molecule has 0 aliphatic carbocycles. The quantitative estimate of drug-likeness (QED) is 0.197. The number of aromatic nitrogens is 3. The summed E-state index contributed by atoms with van der Waals surface area (Å²) in [6.07, 6.45) is 0. The molecule has 4 nitrogen and oxygen atoms in total. The molecular formula is C43H27N3O. The van der Waals surface area contributed by atoms with Gasteiger partial charge in [0.05, 0.1) is 0 Å². The predicted molar refractivity (Wildman–Crippen MR) is 192 cm³/mol. The number of fused-ring (bicyclic) bond motifs is 4. The van der Waals surface area contributed by atoms with E-state index in [0.29, 0.717) is 17.5 Å². The predicted octanol–water partition coefficient (Wildman–Crippen LogP) is 11.3. The van der Waals surface area contributed by atoms with Crippen LogP contribution >= 0.6 is 0 Å². The van der Waals surface area contributed by atoms with Crippen molar-refractivity contribution in [1.82, 2.24) is 15.0 Å². The minimum atomic E-state index is 0.601. The molecule has 0 aliphatic heterocycles. The van der Waals surface area contributed by atoms with E-state index in [1.807, 2.05) is 66.7 Å². The molecule has 4 heteroatoms. The van der Waals surface area contributed by atoms with Crippen LogP contribution in [-0.2, 0) is 0 Å². The van der Waals surface area contributed by atoms with Crippen LogP contribution in [0.5, 0.6) is 0 Å². The van der Waals surface area contributed by atoms with E-state index in [4.69, 9.17) is 19.4 Å². The van der Waals surface area contributed by atoms with Crippen LogP contribution in [-0.4, -0.2) is 15.0 Å². The van der Waals surface area contributed by atoms with Crippen LogP contribution in [0.25, 0.3) is 89.1 Å². The highest BCUT2D eigenvalue weighted by molar-refractivity contribution is 6.11. The van der Waals surface area contributed by atoms with Crippen molar-refractivity contribution in [1.29, 1.82) is 0 Å². The molecule has 0 amide bonds. The van der Waals surface area contributed by atoms with Crippen molar-refractivity contribution in [2.75, 3.05) is 0 Å². The molecule has 2 heterocycles. The van der Waals surface area contributed by atoms with Crippen molar-refractivity contribution in [3.8, 4) is 56.4 Å². The number of para-hydroxylation sites is 1. The maximum absolute atomic E-state index is 6.24. The minimum Gasteiger partial charge on any atom is -0.456 e. The second-order valence-corrected chi connectivity index (χ2v) is 11.6. The standard InChI is InChI=1S/C43H27N3O/c1-3-12-28(13-4-1)29-22-24-30(25-23-29)36-26-32-16-7-8-17-33(32)27-37(36)43-45-41(31-14-5-2-6-15-31)44-42(46-43)35-19-11-21-39-40(35)34-18-9-10-20-38(34)47-39/h1-27H. The molecule has 9 aromatic rings. The first kappa shape index (κ1) is 27.0. The third-order valence-electron chi connectivity index (χ3n) is 8.74. The normalized spacial score (nSPS) is 11.4. The third kappa shape index (κ3) is 4.84. The summed E-state index contributed by atoms with van der Waals surface area (Å²) < 4.78 is 6.24. The minimum absolute atomic E-state index is 0.601. The summed E-state index contributed by atoms with van der Waals surface area (Å²) in [4.78, 5) is 15.5. The molecule has 0 bridgehead atoms. The molecule has 47 heavy (non-hydrogen) atoms. The zero-order valence-corrected chi connectivity index (χ0v) is 25.3. The Morgan fingerprint density at radius 3 is 1.62 bits per heavy atom. The molecule has 9 rings (SSSR count). The summed E-state index contributed by atoms with van der Waals surface area (Å²) in [5.41, 5.74) is 8.93. The molecule has 0 aliphatic rings. The second-order valence-electron chi connectivity index (χ2n) is 11.6. The summed E-state index contributed by atoms with van der Waals surface area (Å²) in [5.74, 6) is 1.84. The van der Waals surface area contributed by atoms with Gasteiger partial charge in [-0.25, -0.2) is 15.0 Å². The SMILES string of the molecule is c1ccc(-c2ccc(-c3cc4ccccc4cc3-c3nc(-c4ccccc4)nc(-c4cccc5oc6ccccc6c45)n3)cc2)cc1. The fraction of sp³-hybridized carbons (Fsp3) is 0.